The van der Waals surface area contributed by atoms with Crippen LogP contribution in [0.25, 0.3) is 0 Å². The number of nitrogens with one attached hydrogen (secondary N) is 1. The van der Waals surface area contributed by atoms with Crippen molar-refractivity contribution in [2.45, 2.75) is 43.8 Å². The van der Waals surface area contributed by atoms with E-state index in [2.05, 4.69) is 4.98 Å². The van der Waals surface area contributed by atoms with Crippen molar-refractivity contribution in [3.63, 3.8) is 0 Å². The van der Waals surface area contributed by atoms with Gasteiger partial charge in [0, 0.05) is 24.6 Å². The number of aliphatic hydroxyl groups excluding tert-OH is 1. The van der Waals surface area contributed by atoms with Gasteiger partial charge in [0.05, 0.1) is 18.8 Å². The molecule has 1 aromatic heterocycles. The average molecular weight is 499 g/mol. The van der Waals surface area contributed by atoms with E-state index < -0.39 is 35.3 Å². The molecule has 2 N–H and O–H groups in total. The number of hydrogen-bond acceptors (Lipinski definition) is 5. The molecule has 0 unspecified atom stereocenters. The van der Waals surface area contributed by atoms with Crippen LogP contribution >= 0.6 is 0 Å². The Labute approximate surface area is 215 Å². The summed E-state index contributed by atoms with van der Waals surface area (Å²) in [4.78, 5) is 26.6. The summed E-state index contributed by atoms with van der Waals surface area (Å²) in [6.07, 6.45) is 0.184. The highest BCUT2D eigenvalue weighted by Crippen LogP contribution is 2.41. The van der Waals surface area contributed by atoms with E-state index in [0.29, 0.717) is 12.0 Å². The summed E-state index contributed by atoms with van der Waals surface area (Å²) >= 11 is 0. The third-order valence-electron chi connectivity index (χ3n) is 6.84. The van der Waals surface area contributed by atoms with Crippen molar-refractivity contribution in [2.75, 3.05) is 6.61 Å². The quantitative estimate of drug-likeness (QED) is 0.377. The van der Waals surface area contributed by atoms with Crippen LogP contribution < -0.4 is 11.2 Å². The summed E-state index contributed by atoms with van der Waals surface area (Å²) in [5.74, 6) is 0. The maximum atomic E-state index is 12.5. The molecule has 3 atom stereocenters. The lowest BCUT2D eigenvalue weighted by molar-refractivity contribution is -0.163. The summed E-state index contributed by atoms with van der Waals surface area (Å²) in [5, 5.41) is 10.7. The maximum absolute atomic E-state index is 12.5. The number of aryl methyl sites for hydroxylation is 1. The monoisotopic (exact) mass is 498 g/mol. The Balaban J connectivity index is 1.51. The van der Waals surface area contributed by atoms with E-state index >= 15 is 0 Å². The summed E-state index contributed by atoms with van der Waals surface area (Å²) in [7, 11) is 0. The number of aromatic amines is 1. The van der Waals surface area contributed by atoms with Gasteiger partial charge in [-0.05, 0) is 23.6 Å². The second-order valence-electron chi connectivity index (χ2n) is 9.41. The van der Waals surface area contributed by atoms with Crippen LogP contribution in [0.2, 0.25) is 0 Å². The first-order valence-corrected chi connectivity index (χ1v) is 12.4. The van der Waals surface area contributed by atoms with Crippen molar-refractivity contribution in [3.8, 4) is 0 Å². The van der Waals surface area contributed by atoms with E-state index in [0.717, 1.165) is 16.7 Å². The van der Waals surface area contributed by atoms with Crippen molar-refractivity contribution >= 4 is 0 Å². The van der Waals surface area contributed by atoms with E-state index in [1.165, 1.54) is 10.8 Å². The molecule has 1 aliphatic heterocycles. The molecule has 0 amide bonds. The molecule has 0 bridgehead atoms. The van der Waals surface area contributed by atoms with E-state index in [9.17, 15) is 14.7 Å². The van der Waals surface area contributed by atoms with E-state index in [1.54, 1.807) is 6.92 Å². The Hall–Kier alpha value is -3.78. The van der Waals surface area contributed by atoms with Crippen molar-refractivity contribution in [2.24, 2.45) is 0 Å². The van der Waals surface area contributed by atoms with Crippen LogP contribution in [0.5, 0.6) is 0 Å². The standard InChI is InChI=1S/C30H30N2O5/c1-21-19-32(29(35)31-28(21)34)27-18-25(33)17-26(37-27)20-36-30(22-11-5-2-6-12-22,23-13-7-3-8-14-23)24-15-9-4-10-16-24/h2-16,19,25-27,33H,17-18,20H2,1H3,(H,31,34,35)/t25-,26+,27-/m1/s1. The lowest BCUT2D eigenvalue weighted by Gasteiger charge is -2.39. The van der Waals surface area contributed by atoms with E-state index in [-0.39, 0.29) is 13.0 Å². The van der Waals surface area contributed by atoms with Gasteiger partial charge in [0.25, 0.3) is 5.56 Å². The summed E-state index contributed by atoms with van der Waals surface area (Å²) in [5.41, 5.74) is 1.37. The van der Waals surface area contributed by atoms with Crippen LogP contribution in [0.3, 0.4) is 0 Å². The normalized spacial score (nSPS) is 20.0. The van der Waals surface area contributed by atoms with Gasteiger partial charge in [0.1, 0.15) is 11.8 Å². The van der Waals surface area contributed by atoms with Gasteiger partial charge in [0.15, 0.2) is 0 Å². The molecule has 7 heteroatoms. The number of aliphatic hydroxyl groups is 1. The Morgan fingerprint density at radius 3 is 1.92 bits per heavy atom. The number of benzene rings is 3. The largest absolute Gasteiger partial charge is 0.393 e. The zero-order valence-corrected chi connectivity index (χ0v) is 20.6. The van der Waals surface area contributed by atoms with Crippen molar-refractivity contribution in [1.29, 1.82) is 0 Å². The molecular formula is C30H30N2O5. The zero-order chi connectivity index (χ0) is 25.8. The molecule has 0 radical (unpaired) electrons. The third kappa shape index (κ3) is 5.06. The van der Waals surface area contributed by atoms with Gasteiger partial charge in [-0.1, -0.05) is 91.0 Å². The predicted octanol–water partition coefficient (Wildman–Crippen LogP) is 3.89. The molecule has 1 fully saturated rings. The van der Waals surface area contributed by atoms with Crippen LogP contribution in [0.1, 0.15) is 41.3 Å². The van der Waals surface area contributed by atoms with Crippen LogP contribution in [-0.2, 0) is 15.1 Å². The number of H-pyrrole nitrogens is 1. The molecule has 1 saturated heterocycles. The van der Waals surface area contributed by atoms with Gasteiger partial charge in [-0.15, -0.1) is 0 Å². The number of ether oxygens (including phenoxy) is 2. The van der Waals surface area contributed by atoms with Gasteiger partial charge in [-0.25, -0.2) is 4.79 Å². The van der Waals surface area contributed by atoms with Crippen LogP contribution in [0.4, 0.5) is 0 Å². The number of hydrogen-bond donors (Lipinski definition) is 2. The van der Waals surface area contributed by atoms with Crippen LogP contribution in [0, 0.1) is 6.92 Å². The van der Waals surface area contributed by atoms with Crippen molar-refractivity contribution < 1.29 is 14.6 Å². The minimum absolute atomic E-state index is 0.170. The Kier molecular flexibility index (Phi) is 7.19. The highest BCUT2D eigenvalue weighted by atomic mass is 16.6. The summed E-state index contributed by atoms with van der Waals surface area (Å²) in [6, 6.07) is 30.1. The minimum atomic E-state index is -0.920. The fourth-order valence-electron chi connectivity index (χ4n) is 5.04. The molecule has 190 valence electrons. The topological polar surface area (TPSA) is 93.6 Å². The predicted molar refractivity (Wildman–Crippen MR) is 140 cm³/mol. The SMILES string of the molecule is Cc1cn([C@H]2C[C@H](O)C[C@@H](COC(c3ccccc3)(c3ccccc3)c3ccccc3)O2)c(=O)[nH]c1=O. The number of aromatic nitrogens is 2. The fourth-order valence-corrected chi connectivity index (χ4v) is 5.04. The molecule has 3 aromatic carbocycles. The first-order valence-electron chi connectivity index (χ1n) is 12.4. The highest BCUT2D eigenvalue weighted by molar-refractivity contribution is 5.47. The smallest absolute Gasteiger partial charge is 0.330 e. The van der Waals surface area contributed by atoms with E-state index in [4.69, 9.17) is 9.47 Å². The lowest BCUT2D eigenvalue weighted by atomic mass is 9.80. The lowest BCUT2D eigenvalue weighted by Crippen LogP contribution is -2.43. The molecular weight excluding hydrogens is 468 g/mol. The molecule has 37 heavy (non-hydrogen) atoms. The van der Waals surface area contributed by atoms with Gasteiger partial charge in [-0.2, -0.15) is 0 Å². The summed E-state index contributed by atoms with van der Waals surface area (Å²) < 4.78 is 14.5. The third-order valence-corrected chi connectivity index (χ3v) is 6.84. The summed E-state index contributed by atoms with van der Waals surface area (Å²) in [6.45, 7) is 1.80. The van der Waals surface area contributed by atoms with Crippen LogP contribution in [0.15, 0.2) is 107 Å². The minimum Gasteiger partial charge on any atom is -0.393 e. The Morgan fingerprint density at radius 1 is 0.892 bits per heavy atom. The molecule has 0 spiro atoms. The zero-order valence-electron chi connectivity index (χ0n) is 20.6. The van der Waals surface area contributed by atoms with Gasteiger partial charge < -0.3 is 14.6 Å². The number of rotatable bonds is 7. The van der Waals surface area contributed by atoms with Gasteiger partial charge in [-0.3, -0.25) is 14.3 Å². The first-order chi connectivity index (χ1) is 18.0. The number of nitrogens with zero attached hydrogens (tertiary/aromatic N) is 1. The van der Waals surface area contributed by atoms with E-state index in [1.807, 2.05) is 91.0 Å². The molecule has 7 nitrogen and oxygen atoms in total. The molecule has 0 saturated carbocycles. The molecule has 1 aliphatic rings. The first kappa shape index (κ1) is 24.9. The average Bonchev–Trinajstić information content (AvgIpc) is 2.93. The van der Waals surface area contributed by atoms with Crippen molar-refractivity contribution in [3.05, 3.63) is 140 Å². The molecule has 0 aliphatic carbocycles. The highest BCUT2D eigenvalue weighted by Gasteiger charge is 2.39. The van der Waals surface area contributed by atoms with Crippen LogP contribution in [-0.4, -0.2) is 33.5 Å². The molecule has 5 rings (SSSR count). The second kappa shape index (κ2) is 10.7. The maximum Gasteiger partial charge on any atom is 0.330 e. The molecule has 2 heterocycles. The molecule has 4 aromatic rings. The Bertz CT molecular complexity index is 1340. The van der Waals surface area contributed by atoms with Crippen molar-refractivity contribution in [1.82, 2.24) is 9.55 Å². The Morgan fingerprint density at radius 2 is 1.41 bits per heavy atom. The van der Waals surface area contributed by atoms with Gasteiger partial charge in [0.2, 0.25) is 0 Å². The fraction of sp³-hybridized carbons (Fsp3) is 0.267. The second-order valence-corrected chi connectivity index (χ2v) is 9.41. The van der Waals surface area contributed by atoms with Gasteiger partial charge >= 0.3 is 5.69 Å².